The molecule has 0 bridgehead atoms. The summed E-state index contributed by atoms with van der Waals surface area (Å²) in [6.07, 6.45) is 1.59. The molecule has 1 N–H and O–H groups in total. The average Bonchev–Trinajstić information content (AvgIpc) is 2.73. The number of pyridine rings is 1. The van der Waals surface area contributed by atoms with Gasteiger partial charge in [-0.3, -0.25) is 9.78 Å². The SMILES string of the molecule is CC(=O)NC(C)(C)c1cnc2c(F)cc(B3OC(C)(C)C(C)(C)O3)cc2c1. The van der Waals surface area contributed by atoms with Crippen LogP contribution in [0.1, 0.15) is 54.0 Å². The fraction of sp³-hybridized carbons (Fsp3) is 0.500. The lowest BCUT2D eigenvalue weighted by atomic mass is 9.78. The molecule has 1 aliphatic rings. The number of carbonyl (C=O) groups is 1. The highest BCUT2D eigenvalue weighted by Gasteiger charge is 2.51. The van der Waals surface area contributed by atoms with Crippen molar-refractivity contribution in [3.05, 3.63) is 35.8 Å². The Hall–Kier alpha value is -1.99. The van der Waals surface area contributed by atoms with Gasteiger partial charge in [-0.25, -0.2) is 4.39 Å². The number of nitrogens with one attached hydrogen (secondary N) is 1. The molecular formula is C20H26BFN2O3. The maximum Gasteiger partial charge on any atom is 0.494 e. The van der Waals surface area contributed by atoms with Crippen molar-refractivity contribution in [3.8, 4) is 0 Å². The molecule has 0 unspecified atom stereocenters. The van der Waals surface area contributed by atoms with E-state index in [4.69, 9.17) is 9.31 Å². The molecule has 144 valence electrons. The maximum atomic E-state index is 14.7. The van der Waals surface area contributed by atoms with E-state index >= 15 is 0 Å². The third kappa shape index (κ3) is 3.58. The predicted octanol–water partition coefficient (Wildman–Crippen LogP) is 3.04. The van der Waals surface area contributed by atoms with Crippen molar-refractivity contribution in [3.63, 3.8) is 0 Å². The summed E-state index contributed by atoms with van der Waals surface area (Å²) in [7, 11) is -0.652. The molecule has 0 saturated carbocycles. The number of carbonyl (C=O) groups excluding carboxylic acids is 1. The van der Waals surface area contributed by atoms with Crippen molar-refractivity contribution in [1.82, 2.24) is 10.3 Å². The van der Waals surface area contributed by atoms with E-state index in [0.29, 0.717) is 10.8 Å². The first-order valence-corrected chi connectivity index (χ1v) is 9.06. The molecule has 1 saturated heterocycles. The zero-order valence-electron chi connectivity index (χ0n) is 16.9. The lowest BCUT2D eigenvalue weighted by Gasteiger charge is -2.32. The van der Waals surface area contributed by atoms with Crippen molar-refractivity contribution in [2.75, 3.05) is 0 Å². The van der Waals surface area contributed by atoms with Crippen LogP contribution in [0.3, 0.4) is 0 Å². The van der Waals surface area contributed by atoms with E-state index in [-0.39, 0.29) is 11.4 Å². The first-order chi connectivity index (χ1) is 12.3. The van der Waals surface area contributed by atoms with Crippen LogP contribution >= 0.6 is 0 Å². The van der Waals surface area contributed by atoms with Gasteiger partial charge in [-0.1, -0.05) is 6.07 Å². The second-order valence-corrected chi connectivity index (χ2v) is 8.69. The smallest absolute Gasteiger partial charge is 0.399 e. The van der Waals surface area contributed by atoms with E-state index in [1.54, 1.807) is 6.20 Å². The number of amides is 1. The van der Waals surface area contributed by atoms with Gasteiger partial charge in [0.25, 0.3) is 0 Å². The minimum atomic E-state index is -0.652. The van der Waals surface area contributed by atoms with Crippen LogP contribution in [0.15, 0.2) is 24.4 Å². The predicted molar refractivity (Wildman–Crippen MR) is 104 cm³/mol. The Balaban J connectivity index is 2.04. The molecule has 0 atom stereocenters. The first kappa shape index (κ1) is 19.8. The van der Waals surface area contributed by atoms with Gasteiger partial charge in [0.05, 0.1) is 16.7 Å². The Morgan fingerprint density at radius 3 is 2.30 bits per heavy atom. The van der Waals surface area contributed by atoms with Gasteiger partial charge >= 0.3 is 7.12 Å². The van der Waals surface area contributed by atoms with E-state index in [0.717, 1.165) is 5.56 Å². The second kappa shape index (κ2) is 6.28. The highest BCUT2D eigenvalue weighted by Crippen LogP contribution is 2.36. The third-order valence-electron chi connectivity index (χ3n) is 5.49. The van der Waals surface area contributed by atoms with E-state index < -0.39 is 29.7 Å². The number of benzene rings is 1. The van der Waals surface area contributed by atoms with Crippen molar-refractivity contribution in [2.45, 2.75) is 65.2 Å². The molecule has 5 nitrogen and oxygen atoms in total. The molecule has 0 aliphatic carbocycles. The Morgan fingerprint density at radius 1 is 1.15 bits per heavy atom. The van der Waals surface area contributed by atoms with Gasteiger partial charge in [-0.15, -0.1) is 0 Å². The summed E-state index contributed by atoms with van der Waals surface area (Å²) in [5.41, 5.74) is 0.0417. The Kier molecular flexibility index (Phi) is 4.60. The maximum absolute atomic E-state index is 14.7. The standard InChI is InChI=1S/C20H26BFN2O3/c1-12(25)24-18(2,3)14-8-13-9-15(10-16(22)17(13)23-11-14)21-26-19(4,5)20(6,7)27-21/h8-11H,1-7H3,(H,24,25). The largest absolute Gasteiger partial charge is 0.494 e. The summed E-state index contributed by atoms with van der Waals surface area (Å²) in [6.45, 7) is 13.1. The molecular weight excluding hydrogens is 346 g/mol. The topological polar surface area (TPSA) is 60.5 Å². The number of hydrogen-bond acceptors (Lipinski definition) is 4. The van der Waals surface area contributed by atoms with Crippen molar-refractivity contribution in [2.24, 2.45) is 0 Å². The lowest BCUT2D eigenvalue weighted by Crippen LogP contribution is -2.41. The molecule has 3 rings (SSSR count). The highest BCUT2D eigenvalue weighted by atomic mass is 19.1. The van der Waals surface area contributed by atoms with Gasteiger partial charge in [0.2, 0.25) is 5.91 Å². The quantitative estimate of drug-likeness (QED) is 0.842. The number of hydrogen-bond donors (Lipinski definition) is 1. The Morgan fingerprint density at radius 2 is 1.74 bits per heavy atom. The molecule has 0 radical (unpaired) electrons. The van der Waals surface area contributed by atoms with Crippen LogP contribution in [-0.2, 0) is 19.6 Å². The fourth-order valence-corrected chi connectivity index (χ4v) is 3.20. The number of aromatic nitrogens is 1. The van der Waals surface area contributed by atoms with Gasteiger partial charge in [0.15, 0.2) is 0 Å². The minimum Gasteiger partial charge on any atom is -0.399 e. The highest BCUT2D eigenvalue weighted by molar-refractivity contribution is 6.62. The lowest BCUT2D eigenvalue weighted by molar-refractivity contribution is -0.120. The molecule has 2 heterocycles. The fourth-order valence-electron chi connectivity index (χ4n) is 3.20. The van der Waals surface area contributed by atoms with Crippen LogP contribution in [-0.4, -0.2) is 29.2 Å². The van der Waals surface area contributed by atoms with Crippen LogP contribution in [0.4, 0.5) is 4.39 Å². The van der Waals surface area contributed by atoms with Crippen molar-refractivity contribution >= 4 is 29.4 Å². The molecule has 2 aromatic rings. The monoisotopic (exact) mass is 372 g/mol. The zero-order chi connectivity index (χ0) is 20.2. The molecule has 0 spiro atoms. The molecule has 27 heavy (non-hydrogen) atoms. The summed E-state index contributed by atoms with van der Waals surface area (Å²) in [6, 6.07) is 5.09. The van der Waals surface area contributed by atoms with E-state index in [2.05, 4.69) is 10.3 Å². The number of rotatable bonds is 3. The van der Waals surface area contributed by atoms with Gasteiger partial charge in [-0.05, 0) is 64.7 Å². The van der Waals surface area contributed by atoms with E-state index in [9.17, 15) is 9.18 Å². The summed E-state index contributed by atoms with van der Waals surface area (Å²) in [4.78, 5) is 15.7. The number of nitrogens with zero attached hydrogens (tertiary/aromatic N) is 1. The van der Waals surface area contributed by atoms with Crippen molar-refractivity contribution < 1.29 is 18.5 Å². The second-order valence-electron chi connectivity index (χ2n) is 8.69. The van der Waals surface area contributed by atoms with Crippen LogP contribution in [0.5, 0.6) is 0 Å². The minimum absolute atomic E-state index is 0.141. The Bertz CT molecular complexity index is 895. The summed E-state index contributed by atoms with van der Waals surface area (Å²) in [5, 5.41) is 3.52. The normalized spacial score (nSPS) is 18.7. The van der Waals surface area contributed by atoms with Crippen LogP contribution in [0, 0.1) is 5.82 Å². The van der Waals surface area contributed by atoms with Gasteiger partial charge < -0.3 is 14.6 Å². The molecule has 1 aromatic carbocycles. The van der Waals surface area contributed by atoms with E-state index in [1.807, 2.05) is 53.7 Å². The third-order valence-corrected chi connectivity index (χ3v) is 5.49. The van der Waals surface area contributed by atoms with Crippen LogP contribution in [0.2, 0.25) is 0 Å². The molecule has 1 fully saturated rings. The summed E-state index contributed by atoms with van der Waals surface area (Å²) < 4.78 is 26.8. The molecule has 7 heteroatoms. The summed E-state index contributed by atoms with van der Waals surface area (Å²) in [5.74, 6) is -0.571. The van der Waals surface area contributed by atoms with E-state index in [1.165, 1.54) is 13.0 Å². The molecule has 1 amide bonds. The Labute approximate surface area is 159 Å². The van der Waals surface area contributed by atoms with Gasteiger partial charge in [0, 0.05) is 18.5 Å². The molecule has 1 aliphatic heterocycles. The average molecular weight is 372 g/mol. The zero-order valence-corrected chi connectivity index (χ0v) is 16.9. The van der Waals surface area contributed by atoms with Gasteiger partial charge in [0.1, 0.15) is 11.3 Å². The first-order valence-electron chi connectivity index (χ1n) is 9.06. The van der Waals surface area contributed by atoms with Crippen LogP contribution < -0.4 is 10.8 Å². The number of fused-ring (bicyclic) bond motifs is 1. The van der Waals surface area contributed by atoms with Crippen LogP contribution in [0.25, 0.3) is 10.9 Å². The van der Waals surface area contributed by atoms with Crippen molar-refractivity contribution in [1.29, 1.82) is 0 Å². The number of halogens is 1. The summed E-state index contributed by atoms with van der Waals surface area (Å²) >= 11 is 0. The van der Waals surface area contributed by atoms with Gasteiger partial charge in [-0.2, -0.15) is 0 Å². The molecule has 1 aromatic heterocycles.